The fourth-order valence-corrected chi connectivity index (χ4v) is 4.90. The molecule has 34 heavy (non-hydrogen) atoms. The van der Waals surface area contributed by atoms with Gasteiger partial charge in [-0.15, -0.1) is 0 Å². The van der Waals surface area contributed by atoms with Gasteiger partial charge in [-0.3, -0.25) is 14.2 Å². The van der Waals surface area contributed by atoms with Crippen molar-refractivity contribution in [2.45, 2.75) is 46.6 Å². The van der Waals surface area contributed by atoms with Crippen LogP contribution in [0, 0.1) is 38.4 Å². The highest BCUT2D eigenvalue weighted by molar-refractivity contribution is 5.81. The molecule has 0 radical (unpaired) electrons. The first-order chi connectivity index (χ1) is 16.3. The summed E-state index contributed by atoms with van der Waals surface area (Å²) in [5.74, 6) is 1.15. The van der Waals surface area contributed by atoms with Crippen LogP contribution < -0.4 is 5.56 Å². The van der Waals surface area contributed by atoms with Gasteiger partial charge in [0, 0.05) is 42.4 Å². The van der Waals surface area contributed by atoms with Crippen LogP contribution in [0.25, 0.3) is 22.5 Å². The predicted octanol–water partition coefficient (Wildman–Crippen LogP) is 4.90. The number of benzene rings is 2. The smallest absolute Gasteiger partial charge is 0.256 e. The minimum atomic E-state index is -0.259. The minimum Gasteiger partial charge on any atom is -0.342 e. The van der Waals surface area contributed by atoms with Crippen LogP contribution in [0.15, 0.2) is 47.3 Å². The van der Waals surface area contributed by atoms with E-state index in [2.05, 4.69) is 6.07 Å². The van der Waals surface area contributed by atoms with Crippen LogP contribution in [0.4, 0.5) is 4.39 Å². The summed E-state index contributed by atoms with van der Waals surface area (Å²) in [6, 6.07) is 12.5. The molecule has 1 aromatic heterocycles. The lowest BCUT2D eigenvalue weighted by atomic mass is 9.99. The molecule has 0 bridgehead atoms. The van der Waals surface area contributed by atoms with Crippen LogP contribution in [0.2, 0.25) is 0 Å². The van der Waals surface area contributed by atoms with Crippen molar-refractivity contribution in [2.75, 3.05) is 13.1 Å². The second-order valence-electron chi connectivity index (χ2n) is 9.81. The highest BCUT2D eigenvalue weighted by Crippen LogP contribution is 2.33. The van der Waals surface area contributed by atoms with E-state index >= 15 is 0 Å². The SMILES string of the molecule is Cc1cc(-c2ccc(F)cc2)ccc1-c1nc(C)c(C)c(=O)n1C[C@@H]1CCN(C(=O)C2CC2)C1. The third-order valence-corrected chi connectivity index (χ3v) is 7.25. The van der Waals surface area contributed by atoms with Crippen molar-refractivity contribution in [3.05, 3.63) is 75.5 Å². The Hall–Kier alpha value is -3.28. The first-order valence-electron chi connectivity index (χ1n) is 12.1. The van der Waals surface area contributed by atoms with Gasteiger partial charge >= 0.3 is 0 Å². The Labute approximate surface area is 199 Å². The molecule has 0 spiro atoms. The number of hydrogen-bond donors (Lipinski definition) is 0. The van der Waals surface area contributed by atoms with E-state index in [1.807, 2.05) is 37.8 Å². The molecule has 2 heterocycles. The lowest BCUT2D eigenvalue weighted by molar-refractivity contribution is -0.131. The van der Waals surface area contributed by atoms with E-state index in [4.69, 9.17) is 4.98 Å². The molecule has 2 fully saturated rings. The van der Waals surface area contributed by atoms with Crippen molar-refractivity contribution in [3.63, 3.8) is 0 Å². The van der Waals surface area contributed by atoms with E-state index in [1.165, 1.54) is 12.1 Å². The van der Waals surface area contributed by atoms with Gasteiger partial charge in [-0.1, -0.05) is 30.3 Å². The van der Waals surface area contributed by atoms with E-state index in [0.717, 1.165) is 53.8 Å². The van der Waals surface area contributed by atoms with Crippen LogP contribution in [0.5, 0.6) is 0 Å². The molecule has 0 unspecified atom stereocenters. The summed E-state index contributed by atoms with van der Waals surface area (Å²) < 4.78 is 15.1. The lowest BCUT2D eigenvalue weighted by Crippen LogP contribution is -2.33. The Balaban J connectivity index is 1.47. The number of amides is 1. The number of nitrogens with zero attached hydrogens (tertiary/aromatic N) is 3. The van der Waals surface area contributed by atoms with Crippen molar-refractivity contribution < 1.29 is 9.18 Å². The van der Waals surface area contributed by atoms with Crippen molar-refractivity contribution >= 4 is 5.91 Å². The van der Waals surface area contributed by atoms with E-state index in [-0.39, 0.29) is 29.1 Å². The molecule has 176 valence electrons. The maximum Gasteiger partial charge on any atom is 0.256 e. The first kappa shape index (κ1) is 22.5. The highest BCUT2D eigenvalue weighted by atomic mass is 19.1. The predicted molar refractivity (Wildman–Crippen MR) is 131 cm³/mol. The summed E-state index contributed by atoms with van der Waals surface area (Å²) in [6.07, 6.45) is 2.93. The Morgan fingerprint density at radius 2 is 1.74 bits per heavy atom. The Morgan fingerprint density at radius 3 is 2.41 bits per heavy atom. The van der Waals surface area contributed by atoms with Crippen LogP contribution in [0.1, 0.15) is 36.1 Å². The first-order valence-corrected chi connectivity index (χ1v) is 12.1. The fraction of sp³-hybridized carbons (Fsp3) is 0.393. The summed E-state index contributed by atoms with van der Waals surface area (Å²) in [5.41, 5.74) is 5.22. The van der Waals surface area contributed by atoms with Crippen molar-refractivity contribution in [3.8, 4) is 22.5 Å². The fourth-order valence-electron chi connectivity index (χ4n) is 4.90. The van der Waals surface area contributed by atoms with Gasteiger partial charge in [0.15, 0.2) is 0 Å². The van der Waals surface area contributed by atoms with Gasteiger partial charge in [0.2, 0.25) is 5.91 Å². The average molecular weight is 460 g/mol. The number of carbonyl (C=O) groups excluding carboxylic acids is 1. The number of aryl methyl sites for hydroxylation is 2. The maximum absolute atomic E-state index is 13.3. The largest absolute Gasteiger partial charge is 0.342 e. The highest BCUT2D eigenvalue weighted by Gasteiger charge is 2.36. The van der Waals surface area contributed by atoms with Crippen LogP contribution in [-0.2, 0) is 11.3 Å². The molecule has 1 aliphatic carbocycles. The second kappa shape index (κ2) is 8.82. The standard InChI is InChI=1S/C28H30FN3O2/c1-17-14-23(21-6-9-24(29)10-7-21)8-11-25(17)26-30-19(3)18(2)27(33)32(26)16-20-12-13-31(15-20)28(34)22-4-5-22/h6-11,14,20,22H,4-5,12-13,15-16H2,1-3H3/t20-/m1/s1. The summed E-state index contributed by atoms with van der Waals surface area (Å²) >= 11 is 0. The summed E-state index contributed by atoms with van der Waals surface area (Å²) in [4.78, 5) is 32.7. The molecule has 1 aliphatic heterocycles. The quantitative estimate of drug-likeness (QED) is 0.545. The molecule has 0 N–H and O–H groups in total. The third kappa shape index (κ3) is 4.29. The van der Waals surface area contributed by atoms with Gasteiger partial charge in [-0.25, -0.2) is 9.37 Å². The topological polar surface area (TPSA) is 55.2 Å². The molecule has 5 nitrogen and oxygen atoms in total. The van der Waals surface area contributed by atoms with Gasteiger partial charge < -0.3 is 4.90 Å². The van der Waals surface area contributed by atoms with E-state index < -0.39 is 0 Å². The molecule has 1 saturated carbocycles. The number of likely N-dealkylation sites (tertiary alicyclic amines) is 1. The second-order valence-corrected chi connectivity index (χ2v) is 9.81. The zero-order chi connectivity index (χ0) is 24.0. The minimum absolute atomic E-state index is 0.0171. The summed E-state index contributed by atoms with van der Waals surface area (Å²) in [6.45, 7) is 7.74. The van der Waals surface area contributed by atoms with Gasteiger partial charge in [-0.2, -0.15) is 0 Å². The number of aromatic nitrogens is 2. The number of carbonyl (C=O) groups is 1. The molecule has 3 aromatic rings. The Morgan fingerprint density at radius 1 is 1.03 bits per heavy atom. The zero-order valence-corrected chi connectivity index (χ0v) is 20.0. The number of halogens is 1. The van der Waals surface area contributed by atoms with Crippen molar-refractivity contribution in [1.82, 2.24) is 14.5 Å². The summed E-state index contributed by atoms with van der Waals surface area (Å²) in [5, 5.41) is 0. The summed E-state index contributed by atoms with van der Waals surface area (Å²) in [7, 11) is 0. The van der Waals surface area contributed by atoms with E-state index in [1.54, 1.807) is 16.7 Å². The molecule has 1 saturated heterocycles. The number of rotatable bonds is 5. The third-order valence-electron chi connectivity index (χ3n) is 7.25. The Bertz CT molecular complexity index is 1310. The molecule has 2 aromatic carbocycles. The van der Waals surface area contributed by atoms with E-state index in [9.17, 15) is 14.0 Å². The van der Waals surface area contributed by atoms with E-state index in [0.29, 0.717) is 24.5 Å². The van der Waals surface area contributed by atoms with Gasteiger partial charge in [0.25, 0.3) is 5.56 Å². The molecule has 2 aliphatic rings. The normalized spacial score (nSPS) is 17.9. The van der Waals surface area contributed by atoms with Crippen LogP contribution >= 0.6 is 0 Å². The van der Waals surface area contributed by atoms with Gasteiger partial charge in [0.1, 0.15) is 11.6 Å². The molecular weight excluding hydrogens is 429 g/mol. The maximum atomic E-state index is 13.3. The lowest BCUT2D eigenvalue weighted by Gasteiger charge is -2.20. The average Bonchev–Trinajstić information content (AvgIpc) is 3.57. The van der Waals surface area contributed by atoms with Crippen LogP contribution in [-0.4, -0.2) is 33.4 Å². The van der Waals surface area contributed by atoms with Crippen molar-refractivity contribution in [2.24, 2.45) is 11.8 Å². The molecular formula is C28H30FN3O2. The Kier molecular flexibility index (Phi) is 5.84. The van der Waals surface area contributed by atoms with Gasteiger partial charge in [-0.05, 0) is 74.8 Å². The molecule has 5 rings (SSSR count). The molecule has 1 amide bonds. The molecule has 6 heteroatoms. The zero-order valence-electron chi connectivity index (χ0n) is 20.0. The van der Waals surface area contributed by atoms with Crippen LogP contribution in [0.3, 0.4) is 0 Å². The number of hydrogen-bond acceptors (Lipinski definition) is 3. The van der Waals surface area contributed by atoms with Crippen molar-refractivity contribution in [1.29, 1.82) is 0 Å². The monoisotopic (exact) mass is 459 g/mol. The molecule has 1 atom stereocenters. The van der Waals surface area contributed by atoms with Gasteiger partial charge in [0.05, 0.1) is 0 Å².